The monoisotopic (exact) mass is 282 g/mol. The summed E-state index contributed by atoms with van der Waals surface area (Å²) in [5.74, 6) is 3.00. The van der Waals surface area contributed by atoms with Crippen molar-refractivity contribution < 1.29 is 0 Å². The molecule has 0 bridgehead atoms. The second-order valence-corrected chi connectivity index (χ2v) is 6.82. The quantitative estimate of drug-likeness (QED) is 0.620. The van der Waals surface area contributed by atoms with E-state index in [2.05, 4.69) is 56.1 Å². The molecule has 0 aliphatic heterocycles. The summed E-state index contributed by atoms with van der Waals surface area (Å²) >= 11 is 0. The van der Waals surface area contributed by atoms with E-state index < -0.39 is 0 Å². The number of benzene rings is 1. The summed E-state index contributed by atoms with van der Waals surface area (Å²) in [6.07, 6.45) is 7.46. The van der Waals surface area contributed by atoms with Crippen LogP contribution >= 0.6 is 8.19 Å². The minimum atomic E-state index is 0.630. The molecular formula is C19H23P. The third kappa shape index (κ3) is 2.38. The van der Waals surface area contributed by atoms with E-state index in [1.165, 1.54) is 31.2 Å². The third-order valence-corrected chi connectivity index (χ3v) is 5.51. The molecule has 1 aliphatic rings. The van der Waals surface area contributed by atoms with Crippen molar-refractivity contribution in [1.29, 1.82) is 0 Å². The number of allylic oxidation sites excluding steroid dienone is 1. The number of rotatable bonds is 5. The summed E-state index contributed by atoms with van der Waals surface area (Å²) in [6, 6.07) is 11.3. The normalized spacial score (nSPS) is 17.5. The van der Waals surface area contributed by atoms with E-state index in [-0.39, 0.29) is 0 Å². The summed E-state index contributed by atoms with van der Waals surface area (Å²) in [4.78, 5) is 0. The first kappa shape index (κ1) is 13.7. The molecule has 2 aromatic rings. The molecule has 0 amide bonds. The Morgan fingerprint density at radius 1 is 1.05 bits per heavy atom. The molecule has 0 saturated heterocycles. The Labute approximate surface area is 124 Å². The molecule has 0 saturated carbocycles. The van der Waals surface area contributed by atoms with Crippen LogP contribution in [0.5, 0.6) is 0 Å². The van der Waals surface area contributed by atoms with Crippen LogP contribution in [-0.2, 0) is 6.42 Å². The lowest BCUT2D eigenvalue weighted by Gasteiger charge is -2.17. The Balaban J connectivity index is 2.02. The molecule has 2 atom stereocenters. The molecule has 0 N–H and O–H groups in total. The average Bonchev–Trinajstić information content (AvgIpc) is 3.05. The Bertz CT molecular complexity index is 618. The van der Waals surface area contributed by atoms with Crippen molar-refractivity contribution in [2.75, 3.05) is 0 Å². The van der Waals surface area contributed by atoms with Crippen LogP contribution in [-0.4, -0.2) is 0 Å². The van der Waals surface area contributed by atoms with Crippen molar-refractivity contribution in [2.24, 2.45) is 0 Å². The second-order valence-electron chi connectivity index (χ2n) is 5.70. The highest BCUT2D eigenvalue weighted by atomic mass is 31.0. The third-order valence-electron chi connectivity index (χ3n) is 4.28. The topological polar surface area (TPSA) is 0 Å². The van der Waals surface area contributed by atoms with E-state index in [1.807, 2.05) is 0 Å². The molecule has 0 spiro atoms. The van der Waals surface area contributed by atoms with Crippen molar-refractivity contribution >= 4 is 19.8 Å². The van der Waals surface area contributed by atoms with Crippen molar-refractivity contribution in [1.82, 2.24) is 0 Å². The standard InChI is InChI=1S/C19H23P/c1-3-7-14-11-12-20-19(14)18-13-15-9-5-6-10-16(15)17(18)8-4-2/h5-6,9-13,17,20H,3-4,7-8H2,1-2H3. The van der Waals surface area contributed by atoms with Gasteiger partial charge in [0.15, 0.2) is 0 Å². The highest BCUT2D eigenvalue weighted by Crippen LogP contribution is 2.47. The maximum atomic E-state index is 2.46. The van der Waals surface area contributed by atoms with Crippen molar-refractivity contribution in [2.45, 2.75) is 45.4 Å². The summed E-state index contributed by atoms with van der Waals surface area (Å²) < 4.78 is 0. The summed E-state index contributed by atoms with van der Waals surface area (Å²) in [5.41, 5.74) is 6.19. The van der Waals surface area contributed by atoms with Gasteiger partial charge in [0.2, 0.25) is 0 Å². The SMILES string of the molecule is CCCc1cc[pH]c1C1=Cc2ccccc2C1CCC. The number of fused-ring (bicyclic) bond motifs is 1. The molecule has 0 radical (unpaired) electrons. The predicted molar refractivity (Wildman–Crippen MR) is 91.9 cm³/mol. The molecule has 1 aromatic carbocycles. The van der Waals surface area contributed by atoms with Crippen LogP contribution in [0.15, 0.2) is 36.1 Å². The first-order chi connectivity index (χ1) is 9.85. The van der Waals surface area contributed by atoms with Crippen LogP contribution in [0, 0.1) is 0 Å². The molecule has 2 unspecified atom stereocenters. The highest BCUT2D eigenvalue weighted by Gasteiger charge is 2.26. The zero-order valence-corrected chi connectivity index (χ0v) is 13.4. The van der Waals surface area contributed by atoms with Crippen molar-refractivity contribution in [3.8, 4) is 0 Å². The highest BCUT2D eigenvalue weighted by molar-refractivity contribution is 7.31. The predicted octanol–water partition coefficient (Wildman–Crippen LogP) is 6.11. The maximum absolute atomic E-state index is 2.46. The van der Waals surface area contributed by atoms with Gasteiger partial charge in [0.05, 0.1) is 0 Å². The Hall–Kier alpha value is -1.26. The van der Waals surface area contributed by atoms with Gasteiger partial charge in [0, 0.05) is 5.92 Å². The lowest BCUT2D eigenvalue weighted by atomic mass is 9.89. The van der Waals surface area contributed by atoms with Gasteiger partial charge >= 0.3 is 0 Å². The van der Waals surface area contributed by atoms with E-state index in [9.17, 15) is 0 Å². The molecule has 1 heterocycles. The molecular weight excluding hydrogens is 259 g/mol. The van der Waals surface area contributed by atoms with Crippen LogP contribution in [0.1, 0.15) is 61.0 Å². The van der Waals surface area contributed by atoms with E-state index in [4.69, 9.17) is 0 Å². The smallest absolute Gasteiger partial charge is 0.0105 e. The molecule has 104 valence electrons. The number of hydrogen-bond acceptors (Lipinski definition) is 0. The van der Waals surface area contributed by atoms with Crippen LogP contribution in [0.3, 0.4) is 0 Å². The first-order valence-electron chi connectivity index (χ1n) is 7.82. The molecule has 1 aromatic heterocycles. The van der Waals surface area contributed by atoms with Gasteiger partial charge in [-0.2, -0.15) is 0 Å². The van der Waals surface area contributed by atoms with Crippen LogP contribution in [0.25, 0.3) is 11.6 Å². The fourth-order valence-corrected chi connectivity index (χ4v) is 4.65. The van der Waals surface area contributed by atoms with Gasteiger partial charge < -0.3 is 0 Å². The average molecular weight is 282 g/mol. The molecule has 0 nitrogen and oxygen atoms in total. The van der Waals surface area contributed by atoms with E-state index >= 15 is 0 Å². The minimum absolute atomic E-state index is 0.630. The zero-order valence-electron chi connectivity index (χ0n) is 12.4. The summed E-state index contributed by atoms with van der Waals surface area (Å²) in [5, 5.41) is 1.64. The fraction of sp³-hybridized carbons (Fsp3) is 0.368. The summed E-state index contributed by atoms with van der Waals surface area (Å²) in [7, 11) is 0.873. The van der Waals surface area contributed by atoms with E-state index in [0.717, 1.165) is 8.19 Å². The number of hydrogen-bond donors (Lipinski definition) is 0. The minimum Gasteiger partial charge on any atom is -0.132 e. The summed E-state index contributed by atoms with van der Waals surface area (Å²) in [6.45, 7) is 4.58. The fourth-order valence-electron chi connectivity index (χ4n) is 3.39. The van der Waals surface area contributed by atoms with Crippen molar-refractivity contribution in [3.63, 3.8) is 0 Å². The first-order valence-corrected chi connectivity index (χ1v) is 8.90. The Morgan fingerprint density at radius 2 is 1.90 bits per heavy atom. The van der Waals surface area contributed by atoms with E-state index in [0.29, 0.717) is 5.92 Å². The van der Waals surface area contributed by atoms with Crippen LogP contribution in [0.2, 0.25) is 0 Å². The van der Waals surface area contributed by atoms with E-state index in [1.54, 1.807) is 22.0 Å². The molecule has 1 aliphatic carbocycles. The molecule has 0 fully saturated rings. The second kappa shape index (κ2) is 6.02. The largest absolute Gasteiger partial charge is 0.132 e. The molecule has 3 rings (SSSR count). The van der Waals surface area contributed by atoms with Gasteiger partial charge in [-0.15, -0.1) is 8.19 Å². The molecule has 1 heteroatoms. The maximum Gasteiger partial charge on any atom is 0.0105 e. The van der Waals surface area contributed by atoms with Gasteiger partial charge in [0.25, 0.3) is 0 Å². The van der Waals surface area contributed by atoms with Gasteiger partial charge in [-0.05, 0) is 52.3 Å². The Morgan fingerprint density at radius 3 is 2.70 bits per heavy atom. The van der Waals surface area contributed by atoms with Crippen LogP contribution in [0.4, 0.5) is 0 Å². The number of aryl methyl sites for hydroxylation is 1. The zero-order chi connectivity index (χ0) is 13.9. The van der Waals surface area contributed by atoms with Gasteiger partial charge in [-0.3, -0.25) is 0 Å². The Kier molecular flexibility index (Phi) is 4.13. The van der Waals surface area contributed by atoms with Gasteiger partial charge in [-0.1, -0.05) is 57.0 Å². The van der Waals surface area contributed by atoms with Gasteiger partial charge in [-0.25, -0.2) is 0 Å². The lowest BCUT2D eigenvalue weighted by Crippen LogP contribution is -1.98. The van der Waals surface area contributed by atoms with Crippen LogP contribution < -0.4 is 0 Å². The van der Waals surface area contributed by atoms with Gasteiger partial charge in [0.1, 0.15) is 0 Å². The van der Waals surface area contributed by atoms with Crippen molar-refractivity contribution in [3.05, 3.63) is 58.1 Å². The molecule has 20 heavy (non-hydrogen) atoms. The lowest BCUT2D eigenvalue weighted by molar-refractivity contribution is 0.737.